The number of hydrogen-bond acceptors (Lipinski definition) is 12. The van der Waals surface area contributed by atoms with Crippen LogP contribution in [0.3, 0.4) is 0 Å². The van der Waals surface area contributed by atoms with Gasteiger partial charge in [0.1, 0.15) is 23.7 Å². The Hall–Kier alpha value is -4.32. The molecule has 3 aromatic carbocycles. The van der Waals surface area contributed by atoms with E-state index in [1.54, 1.807) is 78.9 Å². The van der Waals surface area contributed by atoms with E-state index in [0.717, 1.165) is 12.3 Å². The van der Waals surface area contributed by atoms with Gasteiger partial charge in [0.25, 0.3) is 10.5 Å². The lowest BCUT2D eigenvalue weighted by Gasteiger charge is -2.46. The van der Waals surface area contributed by atoms with Crippen molar-refractivity contribution in [1.29, 1.82) is 0 Å². The van der Waals surface area contributed by atoms with Crippen LogP contribution in [0.25, 0.3) is 0 Å². The zero-order valence-electron chi connectivity index (χ0n) is 26.2. The molecule has 1 fully saturated rings. The van der Waals surface area contributed by atoms with Crippen molar-refractivity contribution in [1.82, 2.24) is 9.55 Å². The van der Waals surface area contributed by atoms with E-state index in [9.17, 15) is 41.7 Å². The van der Waals surface area contributed by atoms with E-state index in [-0.39, 0.29) is 28.2 Å². The van der Waals surface area contributed by atoms with Crippen LogP contribution in [0.2, 0.25) is 0 Å². The van der Waals surface area contributed by atoms with Gasteiger partial charge in [-0.15, -0.1) is 0 Å². The minimum Gasteiger partial charge on any atom is -0.496 e. The Bertz CT molecular complexity index is 2120. The molecule has 0 spiro atoms. The molecule has 1 aliphatic heterocycles. The van der Waals surface area contributed by atoms with E-state index in [1.165, 1.54) is 14.2 Å². The van der Waals surface area contributed by atoms with Crippen LogP contribution in [0.1, 0.15) is 22.9 Å². The lowest BCUT2D eigenvalue weighted by Crippen LogP contribution is -2.69. The largest absolute Gasteiger partial charge is 0.496 e. The van der Waals surface area contributed by atoms with E-state index in [0.29, 0.717) is 17.1 Å². The van der Waals surface area contributed by atoms with Gasteiger partial charge in [-0.1, -0.05) is 66.7 Å². The van der Waals surface area contributed by atoms with E-state index >= 15 is 0 Å². The third-order valence-electron chi connectivity index (χ3n) is 8.77. The van der Waals surface area contributed by atoms with E-state index in [1.807, 2.05) is 4.98 Å². The quantitative estimate of drug-likeness (QED) is 0.165. The highest BCUT2D eigenvalue weighted by Gasteiger charge is 2.79. The number of rotatable bonds is 10. The number of methoxy groups -OCH3 is 2. The smallest absolute Gasteiger partial charge is 0.330 e. The maximum atomic E-state index is 13.8. The summed E-state index contributed by atoms with van der Waals surface area (Å²) in [5.74, 6) is 0.359. The Morgan fingerprint density at radius 2 is 1.27 bits per heavy atom. The first-order valence-corrected chi connectivity index (χ1v) is 18.1. The van der Waals surface area contributed by atoms with E-state index in [4.69, 9.17) is 14.2 Å². The van der Waals surface area contributed by atoms with Gasteiger partial charge in [-0.2, -0.15) is 0 Å². The fourth-order valence-corrected chi connectivity index (χ4v) is 9.93. The number of aliphatic hydroxyl groups is 3. The molecule has 0 radical (unpaired) electrons. The highest BCUT2D eigenvalue weighted by Crippen LogP contribution is 2.57. The predicted octanol–water partition coefficient (Wildman–Crippen LogP) is 0.313. The minimum atomic E-state index is -5.20. The molecule has 14 nitrogen and oxygen atoms in total. The highest BCUT2D eigenvalue weighted by molar-refractivity contribution is 7.96. The van der Waals surface area contributed by atoms with Crippen LogP contribution in [-0.2, 0) is 29.8 Å². The summed E-state index contributed by atoms with van der Waals surface area (Å²) in [6.07, 6.45) is -5.70. The van der Waals surface area contributed by atoms with E-state index < -0.39 is 64.6 Å². The lowest BCUT2D eigenvalue weighted by atomic mass is 9.63. The minimum absolute atomic E-state index is 0.180. The van der Waals surface area contributed by atoms with Crippen LogP contribution in [0.4, 0.5) is 0 Å². The second-order valence-corrected chi connectivity index (χ2v) is 15.7. The molecule has 0 aliphatic carbocycles. The van der Waals surface area contributed by atoms with Crippen molar-refractivity contribution in [2.24, 2.45) is 0 Å². The van der Waals surface area contributed by atoms with Crippen LogP contribution in [0.5, 0.6) is 11.5 Å². The van der Waals surface area contributed by atoms with Gasteiger partial charge >= 0.3 is 5.69 Å². The Kier molecular flexibility index (Phi) is 8.96. The number of ether oxygens (including phenoxy) is 3. The molecule has 256 valence electrons. The van der Waals surface area contributed by atoms with Gasteiger partial charge in [-0.25, -0.2) is 21.6 Å². The lowest BCUT2D eigenvalue weighted by molar-refractivity contribution is -0.107. The normalized spacial score (nSPS) is 23.8. The highest BCUT2D eigenvalue weighted by atomic mass is 32.2. The molecule has 48 heavy (non-hydrogen) atoms. The number of hydrogen-bond donors (Lipinski definition) is 4. The summed E-state index contributed by atoms with van der Waals surface area (Å²) in [6.45, 7) is 0. The molecule has 2 heterocycles. The van der Waals surface area contributed by atoms with Gasteiger partial charge < -0.3 is 29.5 Å². The van der Waals surface area contributed by atoms with Crippen molar-refractivity contribution < 1.29 is 46.4 Å². The van der Waals surface area contributed by atoms with E-state index in [2.05, 4.69) is 0 Å². The third-order valence-corrected chi connectivity index (χ3v) is 12.2. The van der Waals surface area contributed by atoms with Gasteiger partial charge in [-0.05, 0) is 17.7 Å². The van der Waals surface area contributed by atoms with Crippen molar-refractivity contribution >= 4 is 19.7 Å². The van der Waals surface area contributed by atoms with Crippen molar-refractivity contribution in [2.45, 2.75) is 33.7 Å². The zero-order chi connectivity index (χ0) is 35.3. The van der Waals surface area contributed by atoms with Crippen LogP contribution >= 0.6 is 0 Å². The first-order chi connectivity index (χ1) is 22.5. The molecule has 0 saturated carbocycles. The number of aliphatic hydroxyl groups excluding tert-OH is 1. The molecule has 0 amide bonds. The summed E-state index contributed by atoms with van der Waals surface area (Å²) in [5.41, 5.74) is -3.55. The van der Waals surface area contributed by atoms with Crippen molar-refractivity contribution in [2.75, 3.05) is 26.7 Å². The van der Waals surface area contributed by atoms with Gasteiger partial charge in [0.05, 0.1) is 19.6 Å². The maximum Gasteiger partial charge on any atom is 0.330 e. The topological polar surface area (TPSA) is 212 Å². The Morgan fingerprint density at radius 1 is 0.792 bits per heavy atom. The number of H-pyrrole nitrogens is 1. The summed E-state index contributed by atoms with van der Waals surface area (Å²) in [7, 11) is -7.63. The second-order valence-electron chi connectivity index (χ2n) is 11.4. The van der Waals surface area contributed by atoms with Gasteiger partial charge in [-0.3, -0.25) is 14.3 Å². The fraction of sp³-hybridized carbons (Fsp3) is 0.312. The number of benzene rings is 3. The summed E-state index contributed by atoms with van der Waals surface area (Å²) < 4.78 is 72.5. The second kappa shape index (κ2) is 12.3. The van der Waals surface area contributed by atoms with Crippen LogP contribution in [0.15, 0.2) is 101 Å². The number of nitrogens with one attached hydrogen (secondary N) is 1. The number of aromatic nitrogens is 2. The number of aromatic amines is 1. The standard InChI is InChI=1S/C32H34N2O12S2/c1-44-23-16-10-8-14-21(23)30(20-12-6-5-7-13-20,22-15-9-11-17-24(22)45-2)26(36)27-31(38,47(3,40)41)32(39,48(4,42)43)28(46-27)34-19-18-25(35)33-29(34)37/h5-19,26-28,36,38-39H,1-4H3,(H,33,35,37)/t26?,27-,28-,31+,32-/m1/s1. The SMILES string of the molecule is COc1ccccc1C(c1ccccc1)(c1ccccc1OC)C(O)[C@H]1O[C@@H](n2ccc(=O)[nH]c2=O)[C@@](O)(S(C)(=O)=O)[C@@]1(O)S(C)(=O)=O. The zero-order valence-corrected chi connectivity index (χ0v) is 27.8. The first kappa shape index (κ1) is 35.0. The molecular weight excluding hydrogens is 668 g/mol. The monoisotopic (exact) mass is 702 g/mol. The average molecular weight is 703 g/mol. The molecule has 1 aromatic heterocycles. The molecule has 1 unspecified atom stereocenters. The van der Waals surface area contributed by atoms with Gasteiger partial charge in [0.2, 0.25) is 4.93 Å². The molecule has 4 N–H and O–H groups in total. The number of nitrogens with zero attached hydrogens (tertiary/aromatic N) is 1. The molecule has 4 aromatic rings. The van der Waals surface area contributed by atoms with Crippen LogP contribution in [0, 0.1) is 0 Å². The summed E-state index contributed by atoms with van der Waals surface area (Å²) in [4.78, 5) is 19.1. The van der Waals surface area contributed by atoms with Crippen molar-refractivity contribution in [3.63, 3.8) is 0 Å². The fourth-order valence-electron chi connectivity index (χ4n) is 6.60. The Balaban J connectivity index is 1.98. The third kappa shape index (κ3) is 4.98. The predicted molar refractivity (Wildman–Crippen MR) is 173 cm³/mol. The van der Waals surface area contributed by atoms with Crippen molar-refractivity contribution in [3.05, 3.63) is 129 Å². The van der Waals surface area contributed by atoms with Crippen LogP contribution < -0.4 is 20.7 Å². The molecule has 5 atom stereocenters. The van der Waals surface area contributed by atoms with Gasteiger partial charge in [0.15, 0.2) is 25.9 Å². The summed E-state index contributed by atoms with van der Waals surface area (Å²) >= 11 is 0. The van der Waals surface area contributed by atoms with Crippen LogP contribution in [-0.4, -0.2) is 90.5 Å². The van der Waals surface area contributed by atoms with Gasteiger partial charge in [0, 0.05) is 35.9 Å². The Labute approximate surface area is 275 Å². The maximum absolute atomic E-state index is 13.8. The average Bonchev–Trinajstić information content (AvgIpc) is 3.31. The first-order valence-electron chi connectivity index (χ1n) is 14.3. The molecular formula is C32H34N2O12S2. The molecule has 0 bridgehead atoms. The number of para-hydroxylation sites is 2. The molecule has 5 rings (SSSR count). The Morgan fingerprint density at radius 3 is 1.73 bits per heavy atom. The molecule has 1 aliphatic rings. The summed E-state index contributed by atoms with van der Waals surface area (Å²) in [6, 6.07) is 21.8. The molecule has 1 saturated heterocycles. The summed E-state index contributed by atoms with van der Waals surface area (Å²) in [5, 5.41) is 37.5. The molecule has 16 heteroatoms. The number of sulfone groups is 2. The van der Waals surface area contributed by atoms with Crippen molar-refractivity contribution in [3.8, 4) is 11.5 Å².